The second-order valence-corrected chi connectivity index (χ2v) is 10.2. The molecule has 0 saturated carbocycles. The zero-order valence-corrected chi connectivity index (χ0v) is 19.3. The van der Waals surface area contributed by atoms with E-state index in [4.69, 9.17) is 4.74 Å². The summed E-state index contributed by atoms with van der Waals surface area (Å²) < 4.78 is 72.8. The van der Waals surface area contributed by atoms with E-state index in [1.165, 1.54) is 25.3 Å². The average Bonchev–Trinajstić information content (AvgIpc) is 2.69. The Morgan fingerprint density at radius 2 is 1.32 bits per heavy atom. The molecule has 0 aliphatic carbocycles. The normalized spacial score (nSPS) is 12.1. The van der Waals surface area contributed by atoms with Crippen LogP contribution in [0, 0.1) is 0 Å². The molecule has 0 aromatic heterocycles. The van der Waals surface area contributed by atoms with Crippen molar-refractivity contribution in [2.24, 2.45) is 0 Å². The molecule has 0 amide bonds. The minimum atomic E-state index is -4.94. The van der Waals surface area contributed by atoms with Crippen molar-refractivity contribution in [1.82, 2.24) is 0 Å². The SMILES string of the molecule is CCCCCCCCCCc1c(Oc2ccccc2)ccc(S(=O)(=O)O)c1S(=O)(=O)O. The number of hydrogen-bond donors (Lipinski definition) is 2. The van der Waals surface area contributed by atoms with Crippen LogP contribution in [-0.4, -0.2) is 25.9 Å². The highest BCUT2D eigenvalue weighted by Gasteiger charge is 2.29. The molecule has 0 unspecified atom stereocenters. The van der Waals surface area contributed by atoms with Crippen molar-refractivity contribution in [2.45, 2.75) is 74.5 Å². The smallest absolute Gasteiger partial charge is 0.296 e. The number of para-hydroxylation sites is 1. The second-order valence-electron chi connectivity index (χ2n) is 7.46. The minimum Gasteiger partial charge on any atom is -0.457 e. The predicted molar refractivity (Wildman–Crippen MR) is 119 cm³/mol. The maximum atomic E-state index is 12.1. The zero-order valence-electron chi connectivity index (χ0n) is 17.7. The molecule has 0 atom stereocenters. The lowest BCUT2D eigenvalue weighted by molar-refractivity contribution is 0.451. The van der Waals surface area contributed by atoms with E-state index in [-0.39, 0.29) is 17.7 Å². The molecule has 0 fully saturated rings. The van der Waals surface area contributed by atoms with Gasteiger partial charge in [-0.25, -0.2) is 0 Å². The van der Waals surface area contributed by atoms with E-state index in [1.54, 1.807) is 30.3 Å². The van der Waals surface area contributed by atoms with Gasteiger partial charge in [0.2, 0.25) is 0 Å². The first-order chi connectivity index (χ1) is 14.6. The number of rotatable bonds is 13. The quantitative estimate of drug-likeness (QED) is 0.287. The lowest BCUT2D eigenvalue weighted by Gasteiger charge is -2.16. The molecule has 0 aliphatic rings. The third kappa shape index (κ3) is 7.92. The lowest BCUT2D eigenvalue weighted by atomic mass is 10.0. The van der Waals surface area contributed by atoms with Gasteiger partial charge in [-0.3, -0.25) is 9.11 Å². The van der Waals surface area contributed by atoms with E-state index < -0.39 is 30.0 Å². The summed E-state index contributed by atoms with van der Waals surface area (Å²) in [4.78, 5) is -1.68. The van der Waals surface area contributed by atoms with Crippen LogP contribution in [0.15, 0.2) is 52.3 Å². The summed E-state index contributed by atoms with van der Waals surface area (Å²) >= 11 is 0. The molecule has 0 saturated heterocycles. The number of hydrogen-bond acceptors (Lipinski definition) is 5. The Kier molecular flexibility index (Phi) is 9.49. The van der Waals surface area contributed by atoms with Gasteiger partial charge in [-0.05, 0) is 37.1 Å². The maximum Gasteiger partial charge on any atom is 0.296 e. The fraction of sp³-hybridized carbons (Fsp3) is 0.455. The lowest BCUT2D eigenvalue weighted by Crippen LogP contribution is -2.12. The molecule has 2 N–H and O–H groups in total. The fourth-order valence-corrected chi connectivity index (χ4v) is 5.52. The third-order valence-corrected chi connectivity index (χ3v) is 6.98. The molecule has 0 heterocycles. The molecule has 2 aromatic rings. The van der Waals surface area contributed by atoms with E-state index in [2.05, 4.69) is 6.92 Å². The molecule has 2 rings (SSSR count). The maximum absolute atomic E-state index is 12.1. The third-order valence-electron chi connectivity index (χ3n) is 4.97. The highest BCUT2D eigenvalue weighted by atomic mass is 32.2. The van der Waals surface area contributed by atoms with Crippen molar-refractivity contribution in [1.29, 1.82) is 0 Å². The average molecular weight is 471 g/mol. The summed E-state index contributed by atoms with van der Waals surface area (Å²) in [5.41, 5.74) is 0.0347. The van der Waals surface area contributed by atoms with Gasteiger partial charge in [-0.1, -0.05) is 70.1 Å². The van der Waals surface area contributed by atoms with Crippen LogP contribution in [0.2, 0.25) is 0 Å². The first-order valence-electron chi connectivity index (χ1n) is 10.5. The van der Waals surface area contributed by atoms with Gasteiger partial charge in [-0.15, -0.1) is 0 Å². The predicted octanol–water partition coefficient (Wildman–Crippen LogP) is 5.66. The number of unbranched alkanes of at least 4 members (excludes halogenated alkanes) is 7. The van der Waals surface area contributed by atoms with Crippen LogP contribution in [-0.2, 0) is 26.7 Å². The van der Waals surface area contributed by atoms with E-state index in [0.29, 0.717) is 12.2 Å². The molecule has 31 heavy (non-hydrogen) atoms. The van der Waals surface area contributed by atoms with E-state index in [1.807, 2.05) is 0 Å². The van der Waals surface area contributed by atoms with Crippen LogP contribution in [0.4, 0.5) is 0 Å². The summed E-state index contributed by atoms with van der Waals surface area (Å²) in [6, 6.07) is 10.8. The summed E-state index contributed by atoms with van der Waals surface area (Å²) in [5.74, 6) is 0.551. The Hall–Kier alpha value is -1.94. The molecule has 9 heteroatoms. The zero-order chi connectivity index (χ0) is 22.9. The van der Waals surface area contributed by atoms with Crippen LogP contribution in [0.25, 0.3) is 0 Å². The Labute approximate surface area is 185 Å². The largest absolute Gasteiger partial charge is 0.457 e. The van der Waals surface area contributed by atoms with Crippen LogP contribution in [0.3, 0.4) is 0 Å². The Balaban J connectivity index is 2.31. The highest BCUT2D eigenvalue weighted by molar-refractivity contribution is 7.89. The van der Waals surface area contributed by atoms with Crippen LogP contribution in [0.1, 0.15) is 63.9 Å². The van der Waals surface area contributed by atoms with Crippen LogP contribution in [0.5, 0.6) is 11.5 Å². The number of ether oxygens (including phenoxy) is 1. The summed E-state index contributed by atoms with van der Waals surface area (Å²) in [7, 11) is -9.81. The van der Waals surface area contributed by atoms with Crippen molar-refractivity contribution in [3.05, 3.63) is 48.0 Å². The molecule has 0 bridgehead atoms. The Morgan fingerprint density at radius 3 is 1.87 bits per heavy atom. The molecule has 172 valence electrons. The van der Waals surface area contributed by atoms with Gasteiger partial charge < -0.3 is 4.74 Å². The van der Waals surface area contributed by atoms with Gasteiger partial charge in [0.1, 0.15) is 21.3 Å². The second kappa shape index (κ2) is 11.6. The molecule has 2 aromatic carbocycles. The van der Waals surface area contributed by atoms with Gasteiger partial charge >= 0.3 is 0 Å². The van der Waals surface area contributed by atoms with Crippen molar-refractivity contribution in [3.8, 4) is 11.5 Å². The van der Waals surface area contributed by atoms with Gasteiger partial charge in [0.25, 0.3) is 20.2 Å². The Morgan fingerprint density at radius 1 is 0.742 bits per heavy atom. The van der Waals surface area contributed by atoms with Crippen molar-refractivity contribution in [2.75, 3.05) is 0 Å². The molecular weight excluding hydrogens is 440 g/mol. The van der Waals surface area contributed by atoms with E-state index in [0.717, 1.165) is 31.7 Å². The molecule has 0 radical (unpaired) electrons. The summed E-state index contributed by atoms with van der Waals surface area (Å²) in [6.45, 7) is 2.16. The van der Waals surface area contributed by atoms with Crippen LogP contribution < -0.4 is 4.74 Å². The molecular formula is C22H30O7S2. The van der Waals surface area contributed by atoms with E-state index >= 15 is 0 Å². The van der Waals surface area contributed by atoms with Gasteiger partial charge in [0.15, 0.2) is 0 Å². The van der Waals surface area contributed by atoms with Crippen molar-refractivity contribution < 1.29 is 30.7 Å². The van der Waals surface area contributed by atoms with Gasteiger partial charge in [0.05, 0.1) is 0 Å². The minimum absolute atomic E-state index is 0.0347. The monoisotopic (exact) mass is 470 g/mol. The first kappa shape index (κ1) is 25.3. The molecule has 0 aliphatic heterocycles. The first-order valence-corrected chi connectivity index (χ1v) is 13.4. The Bertz CT molecular complexity index is 1050. The topological polar surface area (TPSA) is 118 Å². The van der Waals surface area contributed by atoms with Gasteiger partial charge in [-0.2, -0.15) is 16.8 Å². The van der Waals surface area contributed by atoms with E-state index in [9.17, 15) is 25.9 Å². The highest BCUT2D eigenvalue weighted by Crippen LogP contribution is 2.36. The number of benzene rings is 2. The summed E-state index contributed by atoms with van der Waals surface area (Å²) in [5, 5.41) is 0. The summed E-state index contributed by atoms with van der Waals surface area (Å²) in [6.07, 6.45) is 8.33. The van der Waals surface area contributed by atoms with Crippen LogP contribution >= 0.6 is 0 Å². The molecule has 0 spiro atoms. The van der Waals surface area contributed by atoms with Gasteiger partial charge in [0, 0.05) is 5.56 Å². The standard InChI is InChI=1S/C22H30O7S2/c1-2-3-4-5-6-7-8-12-15-19-20(29-18-13-10-9-11-14-18)16-17-21(30(23,24)25)22(19)31(26,27)28/h9-11,13-14,16-17H,2-8,12,15H2,1H3,(H,23,24,25)(H,26,27,28). The fourth-order valence-electron chi connectivity index (χ4n) is 3.46. The molecule has 7 nitrogen and oxygen atoms in total. The van der Waals surface area contributed by atoms with Crippen molar-refractivity contribution in [3.63, 3.8) is 0 Å². The van der Waals surface area contributed by atoms with Crippen molar-refractivity contribution >= 4 is 20.2 Å².